The summed E-state index contributed by atoms with van der Waals surface area (Å²) in [4.78, 5) is 2.48. The van der Waals surface area contributed by atoms with Crippen molar-refractivity contribution in [3.8, 4) is 11.5 Å². The number of allylic oxidation sites excluding steroid dienone is 1. The number of nitrogens with zero attached hydrogens (tertiary/aromatic N) is 1. The molecule has 3 aromatic rings. The summed E-state index contributed by atoms with van der Waals surface area (Å²) in [7, 11) is 0. The Morgan fingerprint density at radius 2 is 1.63 bits per heavy atom. The van der Waals surface area contributed by atoms with E-state index in [0.717, 1.165) is 43.7 Å². The summed E-state index contributed by atoms with van der Waals surface area (Å²) >= 11 is 0. The molecule has 2 aliphatic rings. The summed E-state index contributed by atoms with van der Waals surface area (Å²) in [6.07, 6.45) is 10.5. The van der Waals surface area contributed by atoms with Crippen LogP contribution in [0.3, 0.4) is 0 Å². The molecule has 5 rings (SSSR count). The third kappa shape index (κ3) is 6.66. The number of rotatable bonds is 11. The van der Waals surface area contributed by atoms with Gasteiger partial charge in [0.2, 0.25) is 0 Å². The Morgan fingerprint density at radius 3 is 2.34 bits per heavy atom. The topological polar surface area (TPSA) is 32.7 Å². The van der Waals surface area contributed by atoms with Crippen molar-refractivity contribution >= 4 is 5.69 Å². The standard InChI is InChI=1S/C38H49NO2/c1-6-7-8-15-22-37(2,3)30-24-34(40)36-32-23-29(20-21-33(32)38(4,5)41-35(36)25-30)27-39(31-18-13-10-14-19-31)26-28-16-11-9-12-17-28/h9-14,16-20,24-25,32-33,40H,6-8,15,21-23,26-27H2,1-5H3/t32-,33-/m0/s1. The van der Waals surface area contributed by atoms with E-state index in [9.17, 15) is 5.11 Å². The molecule has 0 radical (unpaired) electrons. The molecule has 0 saturated heterocycles. The van der Waals surface area contributed by atoms with Gasteiger partial charge >= 0.3 is 0 Å². The largest absolute Gasteiger partial charge is 0.508 e. The van der Waals surface area contributed by atoms with E-state index in [1.54, 1.807) is 0 Å². The monoisotopic (exact) mass is 551 g/mol. The lowest BCUT2D eigenvalue weighted by atomic mass is 9.66. The molecule has 1 heterocycles. The van der Waals surface area contributed by atoms with E-state index in [1.165, 1.54) is 48.1 Å². The zero-order valence-electron chi connectivity index (χ0n) is 25.8. The van der Waals surface area contributed by atoms with Gasteiger partial charge in [-0.2, -0.15) is 0 Å². The summed E-state index contributed by atoms with van der Waals surface area (Å²) in [5.74, 6) is 1.87. The number of aromatic hydroxyl groups is 1. The lowest BCUT2D eigenvalue weighted by Gasteiger charge is -2.48. The predicted octanol–water partition coefficient (Wildman–Crippen LogP) is 9.94. The molecule has 1 N–H and O–H groups in total. The van der Waals surface area contributed by atoms with Crippen molar-refractivity contribution in [1.29, 1.82) is 0 Å². The molecule has 1 aliphatic carbocycles. The minimum atomic E-state index is -0.292. The fourth-order valence-corrected chi connectivity index (χ4v) is 7.05. The first-order chi connectivity index (χ1) is 19.7. The van der Waals surface area contributed by atoms with Crippen LogP contribution in [0.2, 0.25) is 0 Å². The van der Waals surface area contributed by atoms with Gasteiger partial charge in [-0.25, -0.2) is 0 Å². The maximum Gasteiger partial charge on any atom is 0.127 e. The number of hydrogen-bond acceptors (Lipinski definition) is 3. The summed E-state index contributed by atoms with van der Waals surface area (Å²) in [6, 6.07) is 25.8. The van der Waals surface area contributed by atoms with Crippen molar-refractivity contribution in [1.82, 2.24) is 0 Å². The Balaban J connectivity index is 1.41. The number of ether oxygens (including phenoxy) is 1. The number of unbranched alkanes of at least 4 members (excludes halogenated alkanes) is 3. The fourth-order valence-electron chi connectivity index (χ4n) is 7.05. The number of hydrogen-bond donors (Lipinski definition) is 1. The van der Waals surface area contributed by atoms with Crippen LogP contribution in [-0.4, -0.2) is 17.3 Å². The van der Waals surface area contributed by atoms with Gasteiger partial charge in [0.25, 0.3) is 0 Å². The fraction of sp³-hybridized carbons (Fsp3) is 0.474. The smallest absolute Gasteiger partial charge is 0.127 e. The van der Waals surface area contributed by atoms with Crippen LogP contribution >= 0.6 is 0 Å². The van der Waals surface area contributed by atoms with Crippen molar-refractivity contribution in [2.24, 2.45) is 5.92 Å². The average molecular weight is 552 g/mol. The number of anilines is 1. The van der Waals surface area contributed by atoms with Crippen LogP contribution in [0.25, 0.3) is 0 Å². The van der Waals surface area contributed by atoms with E-state index >= 15 is 0 Å². The molecule has 0 saturated carbocycles. The summed E-state index contributed by atoms with van der Waals surface area (Å²) in [6.45, 7) is 13.1. The number of para-hydroxylation sites is 1. The molecular weight excluding hydrogens is 502 g/mol. The molecular formula is C38H49NO2. The highest BCUT2D eigenvalue weighted by molar-refractivity contribution is 5.55. The summed E-state index contributed by atoms with van der Waals surface area (Å²) in [5, 5.41) is 11.6. The van der Waals surface area contributed by atoms with E-state index in [-0.39, 0.29) is 16.9 Å². The zero-order valence-corrected chi connectivity index (χ0v) is 25.8. The minimum absolute atomic E-state index is 0.00411. The molecule has 2 atom stereocenters. The Morgan fingerprint density at radius 1 is 0.927 bits per heavy atom. The third-order valence-corrected chi connectivity index (χ3v) is 9.55. The Bertz CT molecular complexity index is 1330. The second-order valence-electron chi connectivity index (χ2n) is 13.5. The van der Waals surface area contributed by atoms with Gasteiger partial charge in [-0.1, -0.05) is 107 Å². The Kier molecular flexibility index (Phi) is 8.82. The van der Waals surface area contributed by atoms with Gasteiger partial charge < -0.3 is 14.7 Å². The van der Waals surface area contributed by atoms with Crippen molar-refractivity contribution < 1.29 is 9.84 Å². The average Bonchev–Trinajstić information content (AvgIpc) is 2.95. The summed E-state index contributed by atoms with van der Waals surface area (Å²) < 4.78 is 6.71. The molecule has 0 spiro atoms. The normalized spacial score (nSPS) is 19.5. The van der Waals surface area contributed by atoms with E-state index in [4.69, 9.17) is 4.74 Å². The quantitative estimate of drug-likeness (QED) is 0.190. The molecule has 3 heteroatoms. The van der Waals surface area contributed by atoms with Crippen LogP contribution in [-0.2, 0) is 12.0 Å². The Labute approximate surface area is 248 Å². The van der Waals surface area contributed by atoms with Crippen LogP contribution in [0.15, 0.2) is 84.4 Å². The van der Waals surface area contributed by atoms with Gasteiger partial charge in [0, 0.05) is 36.2 Å². The SMILES string of the molecule is CCCCCCC(C)(C)c1cc(O)c2c(c1)OC(C)(C)[C@H]1CC=C(CN(Cc3ccccc3)c3ccccc3)C[C@H]21. The van der Waals surface area contributed by atoms with Crippen molar-refractivity contribution in [3.05, 3.63) is 101 Å². The first-order valence-corrected chi connectivity index (χ1v) is 15.8. The number of phenolic OH excluding ortho intramolecular Hbond substituents is 1. The lowest BCUT2D eigenvalue weighted by Crippen LogP contribution is -2.46. The zero-order chi connectivity index (χ0) is 29.0. The van der Waals surface area contributed by atoms with Crippen molar-refractivity contribution in [2.45, 2.75) is 103 Å². The van der Waals surface area contributed by atoms with E-state index in [2.05, 4.69) is 112 Å². The number of benzene rings is 3. The molecule has 0 fully saturated rings. The van der Waals surface area contributed by atoms with Gasteiger partial charge in [-0.05, 0) is 73.9 Å². The van der Waals surface area contributed by atoms with Crippen molar-refractivity contribution in [2.75, 3.05) is 11.4 Å². The highest BCUT2D eigenvalue weighted by Gasteiger charge is 2.46. The highest BCUT2D eigenvalue weighted by Crippen LogP contribution is 2.55. The molecule has 0 bridgehead atoms. The van der Waals surface area contributed by atoms with Crippen LogP contribution in [0, 0.1) is 5.92 Å². The lowest BCUT2D eigenvalue weighted by molar-refractivity contribution is 0.00730. The molecule has 0 amide bonds. The van der Waals surface area contributed by atoms with Crippen LogP contribution < -0.4 is 9.64 Å². The van der Waals surface area contributed by atoms with Crippen molar-refractivity contribution in [3.63, 3.8) is 0 Å². The molecule has 3 aromatic carbocycles. The van der Waals surface area contributed by atoms with Gasteiger partial charge in [0.05, 0.1) is 0 Å². The number of fused-ring (bicyclic) bond motifs is 3. The highest BCUT2D eigenvalue weighted by atomic mass is 16.5. The molecule has 0 unspecified atom stereocenters. The van der Waals surface area contributed by atoms with Crippen LogP contribution in [0.4, 0.5) is 5.69 Å². The first-order valence-electron chi connectivity index (χ1n) is 15.8. The molecule has 218 valence electrons. The molecule has 3 nitrogen and oxygen atoms in total. The second kappa shape index (κ2) is 12.3. The third-order valence-electron chi connectivity index (χ3n) is 9.55. The predicted molar refractivity (Wildman–Crippen MR) is 172 cm³/mol. The van der Waals surface area contributed by atoms with Gasteiger partial charge in [0.1, 0.15) is 17.1 Å². The van der Waals surface area contributed by atoms with Crippen LogP contribution in [0.5, 0.6) is 11.5 Å². The Hall–Kier alpha value is -3.20. The van der Waals surface area contributed by atoms with Crippen LogP contribution in [0.1, 0.15) is 102 Å². The van der Waals surface area contributed by atoms with E-state index in [1.807, 2.05) is 6.07 Å². The number of phenols is 1. The van der Waals surface area contributed by atoms with Gasteiger partial charge in [-0.3, -0.25) is 0 Å². The van der Waals surface area contributed by atoms with E-state index in [0.29, 0.717) is 11.7 Å². The summed E-state index contributed by atoms with van der Waals surface area (Å²) in [5.41, 5.74) is 5.89. The maximum absolute atomic E-state index is 11.6. The molecule has 1 aliphatic heterocycles. The van der Waals surface area contributed by atoms with E-state index < -0.39 is 0 Å². The minimum Gasteiger partial charge on any atom is -0.508 e. The molecule has 0 aromatic heterocycles. The maximum atomic E-state index is 11.6. The molecule has 41 heavy (non-hydrogen) atoms. The van der Waals surface area contributed by atoms with Gasteiger partial charge in [-0.15, -0.1) is 0 Å². The second-order valence-corrected chi connectivity index (χ2v) is 13.5. The first kappa shape index (κ1) is 29.3. The van der Waals surface area contributed by atoms with Gasteiger partial charge in [0.15, 0.2) is 0 Å².